The Morgan fingerprint density at radius 3 is 2.03 bits per heavy atom. The average molecular weight is 472 g/mol. The van der Waals surface area contributed by atoms with Gasteiger partial charge in [0.1, 0.15) is 12.2 Å². The second-order valence-electron chi connectivity index (χ2n) is 9.47. The van der Waals surface area contributed by atoms with E-state index >= 15 is 0 Å². The molecule has 0 bridgehead atoms. The van der Waals surface area contributed by atoms with E-state index in [9.17, 15) is 4.79 Å². The molecular formula is C30H33NO4. The van der Waals surface area contributed by atoms with Crippen LogP contribution in [-0.4, -0.2) is 38.6 Å². The van der Waals surface area contributed by atoms with Gasteiger partial charge < -0.3 is 14.2 Å². The highest BCUT2D eigenvalue weighted by molar-refractivity contribution is 5.89. The SMILES string of the molecule is COC[C@@H]1CN(c2ccc(C3CCC(OC(c4ccccc4)c4ccccc4)CC3)cc2)C(=O)O1. The molecule has 3 aromatic carbocycles. The topological polar surface area (TPSA) is 48.0 Å². The van der Waals surface area contributed by atoms with Crippen molar-refractivity contribution in [2.24, 2.45) is 0 Å². The fourth-order valence-electron chi connectivity index (χ4n) is 5.26. The van der Waals surface area contributed by atoms with Crippen LogP contribution in [0.2, 0.25) is 0 Å². The van der Waals surface area contributed by atoms with Crippen LogP contribution in [0.5, 0.6) is 0 Å². The maximum absolute atomic E-state index is 12.2. The molecule has 3 aromatic rings. The first-order valence-electron chi connectivity index (χ1n) is 12.5. The van der Waals surface area contributed by atoms with Gasteiger partial charge in [-0.15, -0.1) is 0 Å². The monoisotopic (exact) mass is 471 g/mol. The van der Waals surface area contributed by atoms with Gasteiger partial charge in [0.2, 0.25) is 0 Å². The third-order valence-corrected chi connectivity index (χ3v) is 7.11. The quantitative estimate of drug-likeness (QED) is 0.377. The van der Waals surface area contributed by atoms with Gasteiger partial charge in [-0.3, -0.25) is 4.90 Å². The maximum atomic E-state index is 12.2. The van der Waals surface area contributed by atoms with E-state index in [0.717, 1.165) is 31.4 Å². The molecule has 0 spiro atoms. The molecule has 0 aromatic heterocycles. The molecular weight excluding hydrogens is 438 g/mol. The van der Waals surface area contributed by atoms with Crippen molar-refractivity contribution in [1.82, 2.24) is 0 Å². The molecule has 1 saturated carbocycles. The van der Waals surface area contributed by atoms with E-state index in [-0.39, 0.29) is 24.4 Å². The van der Waals surface area contributed by atoms with Crippen molar-refractivity contribution < 1.29 is 19.0 Å². The van der Waals surface area contributed by atoms with Crippen molar-refractivity contribution in [3.63, 3.8) is 0 Å². The number of carbonyl (C=O) groups is 1. The van der Waals surface area contributed by atoms with Gasteiger partial charge in [-0.2, -0.15) is 0 Å². The Morgan fingerprint density at radius 2 is 1.46 bits per heavy atom. The number of nitrogens with zero attached hydrogens (tertiary/aromatic N) is 1. The van der Waals surface area contributed by atoms with Gasteiger partial charge in [0.05, 0.1) is 19.3 Å². The molecule has 0 unspecified atom stereocenters. The van der Waals surface area contributed by atoms with Crippen molar-refractivity contribution in [3.8, 4) is 0 Å². The Morgan fingerprint density at radius 1 is 0.857 bits per heavy atom. The predicted molar refractivity (Wildman–Crippen MR) is 137 cm³/mol. The van der Waals surface area contributed by atoms with Gasteiger partial charge in [-0.25, -0.2) is 4.79 Å². The molecule has 0 N–H and O–H groups in total. The minimum atomic E-state index is -0.302. The third-order valence-electron chi connectivity index (χ3n) is 7.11. The van der Waals surface area contributed by atoms with Gasteiger partial charge in [-0.05, 0) is 60.4 Å². The molecule has 1 aliphatic carbocycles. The Labute approximate surface area is 207 Å². The zero-order valence-electron chi connectivity index (χ0n) is 20.2. The molecule has 1 heterocycles. The number of hydrogen-bond acceptors (Lipinski definition) is 4. The number of benzene rings is 3. The molecule has 0 radical (unpaired) electrons. The number of carbonyl (C=O) groups excluding carboxylic acids is 1. The number of amides is 1. The van der Waals surface area contributed by atoms with Crippen molar-refractivity contribution >= 4 is 11.8 Å². The first kappa shape index (κ1) is 23.6. The lowest BCUT2D eigenvalue weighted by Gasteiger charge is -2.32. The van der Waals surface area contributed by atoms with Gasteiger partial charge in [0.15, 0.2) is 0 Å². The Kier molecular flexibility index (Phi) is 7.45. The number of anilines is 1. The lowest BCUT2D eigenvalue weighted by Crippen LogP contribution is -2.26. The summed E-state index contributed by atoms with van der Waals surface area (Å²) in [4.78, 5) is 13.9. The third kappa shape index (κ3) is 5.58. The second kappa shape index (κ2) is 11.1. The summed E-state index contributed by atoms with van der Waals surface area (Å²) >= 11 is 0. The molecule has 2 aliphatic rings. The summed E-state index contributed by atoms with van der Waals surface area (Å²) in [7, 11) is 1.62. The molecule has 182 valence electrons. The smallest absolute Gasteiger partial charge is 0.414 e. The molecule has 1 saturated heterocycles. The molecule has 5 rings (SSSR count). The lowest BCUT2D eigenvalue weighted by molar-refractivity contribution is -0.0147. The second-order valence-corrected chi connectivity index (χ2v) is 9.47. The molecule has 1 amide bonds. The van der Waals surface area contributed by atoms with Crippen LogP contribution in [0.4, 0.5) is 10.5 Å². The molecule has 1 aliphatic heterocycles. The van der Waals surface area contributed by atoms with Crippen molar-refractivity contribution in [2.75, 3.05) is 25.2 Å². The summed E-state index contributed by atoms with van der Waals surface area (Å²) in [5.41, 5.74) is 4.60. The van der Waals surface area contributed by atoms with E-state index in [2.05, 4.69) is 60.7 Å². The van der Waals surface area contributed by atoms with E-state index in [1.807, 2.05) is 24.3 Å². The zero-order valence-corrected chi connectivity index (χ0v) is 20.2. The summed E-state index contributed by atoms with van der Waals surface area (Å²) in [5, 5.41) is 0. The van der Waals surface area contributed by atoms with Crippen LogP contribution >= 0.6 is 0 Å². The molecule has 35 heavy (non-hydrogen) atoms. The van der Waals surface area contributed by atoms with Gasteiger partial charge in [-0.1, -0.05) is 72.8 Å². The number of methoxy groups -OCH3 is 1. The van der Waals surface area contributed by atoms with Crippen molar-refractivity contribution in [2.45, 2.75) is 49.9 Å². The van der Waals surface area contributed by atoms with E-state index < -0.39 is 0 Å². The van der Waals surface area contributed by atoms with Crippen molar-refractivity contribution in [3.05, 3.63) is 102 Å². The Balaban J connectivity index is 1.20. The van der Waals surface area contributed by atoms with Crippen LogP contribution < -0.4 is 4.90 Å². The highest BCUT2D eigenvalue weighted by atomic mass is 16.6. The van der Waals surface area contributed by atoms with Crippen LogP contribution in [0, 0.1) is 0 Å². The van der Waals surface area contributed by atoms with Gasteiger partial charge >= 0.3 is 6.09 Å². The van der Waals surface area contributed by atoms with Gasteiger partial charge in [0, 0.05) is 12.8 Å². The van der Waals surface area contributed by atoms with Crippen molar-refractivity contribution in [1.29, 1.82) is 0 Å². The minimum absolute atomic E-state index is 0.0413. The molecule has 1 atom stereocenters. The lowest BCUT2D eigenvalue weighted by atomic mass is 9.82. The number of hydrogen-bond donors (Lipinski definition) is 0. The first-order valence-corrected chi connectivity index (χ1v) is 12.5. The number of rotatable bonds is 8. The van der Waals surface area contributed by atoms with Crippen LogP contribution in [0.25, 0.3) is 0 Å². The molecule has 2 fully saturated rings. The van der Waals surface area contributed by atoms with Gasteiger partial charge in [0.25, 0.3) is 0 Å². The number of ether oxygens (including phenoxy) is 3. The van der Waals surface area contributed by atoms with Crippen LogP contribution in [0.3, 0.4) is 0 Å². The average Bonchev–Trinajstić information content (AvgIpc) is 3.29. The largest absolute Gasteiger partial charge is 0.441 e. The van der Waals surface area contributed by atoms with E-state index in [1.54, 1.807) is 12.0 Å². The number of cyclic esters (lactones) is 1. The summed E-state index contributed by atoms with van der Waals surface area (Å²) in [5.74, 6) is 0.516. The molecule has 5 heteroatoms. The van der Waals surface area contributed by atoms with E-state index in [4.69, 9.17) is 14.2 Å². The molecule has 5 nitrogen and oxygen atoms in total. The normalized spacial score (nSPS) is 22.4. The fourth-order valence-corrected chi connectivity index (χ4v) is 5.26. The predicted octanol–water partition coefficient (Wildman–Crippen LogP) is 6.49. The minimum Gasteiger partial charge on any atom is -0.441 e. The summed E-state index contributed by atoms with van der Waals surface area (Å²) in [6.07, 6.45) is 3.97. The van der Waals surface area contributed by atoms with E-state index in [1.165, 1.54) is 16.7 Å². The maximum Gasteiger partial charge on any atom is 0.414 e. The van der Waals surface area contributed by atoms with Crippen LogP contribution in [0.1, 0.15) is 54.4 Å². The summed E-state index contributed by atoms with van der Waals surface area (Å²) in [6.45, 7) is 0.944. The van der Waals surface area contributed by atoms with Crippen LogP contribution in [-0.2, 0) is 14.2 Å². The highest BCUT2D eigenvalue weighted by Crippen LogP contribution is 2.38. The fraction of sp³-hybridized carbons (Fsp3) is 0.367. The standard InChI is InChI=1S/C30H33NO4/c1-33-21-28-20-31(30(32)35-28)26-16-12-22(13-17-26)23-14-18-27(19-15-23)34-29(24-8-4-2-5-9-24)25-10-6-3-7-11-25/h2-13,16-17,23,27-29H,14-15,18-21H2,1H3/t23?,27?,28-/m0/s1. The summed E-state index contributed by atoms with van der Waals surface area (Å²) in [6, 6.07) is 29.4. The highest BCUT2D eigenvalue weighted by Gasteiger charge is 2.32. The Bertz CT molecular complexity index is 1040. The van der Waals surface area contributed by atoms with Crippen LogP contribution in [0.15, 0.2) is 84.9 Å². The zero-order chi connectivity index (χ0) is 24.0. The van der Waals surface area contributed by atoms with E-state index in [0.29, 0.717) is 19.1 Å². The first-order chi connectivity index (χ1) is 17.2. The Hall–Kier alpha value is -3.15. The summed E-state index contributed by atoms with van der Waals surface area (Å²) < 4.78 is 17.2.